The SMILES string of the molecule is O=C(O)[C@@H](CO)NS(=O)(=O)C1CC1. The molecular formula is C6H11NO5S. The third kappa shape index (κ3) is 2.64. The van der Waals surface area contributed by atoms with Gasteiger partial charge in [-0.3, -0.25) is 4.79 Å². The molecule has 0 bridgehead atoms. The normalized spacial score (nSPS) is 19.8. The average molecular weight is 209 g/mol. The Morgan fingerprint density at radius 1 is 1.54 bits per heavy atom. The van der Waals surface area contributed by atoms with Crippen molar-refractivity contribution >= 4 is 16.0 Å². The van der Waals surface area contributed by atoms with Crippen LogP contribution in [0.15, 0.2) is 0 Å². The highest BCUT2D eigenvalue weighted by Gasteiger charge is 2.38. The summed E-state index contributed by atoms with van der Waals surface area (Å²) in [5.74, 6) is -1.37. The van der Waals surface area contributed by atoms with Gasteiger partial charge in [-0.15, -0.1) is 0 Å². The molecule has 13 heavy (non-hydrogen) atoms. The van der Waals surface area contributed by atoms with Crippen molar-refractivity contribution in [1.82, 2.24) is 4.72 Å². The number of carboxylic acids is 1. The van der Waals surface area contributed by atoms with Gasteiger partial charge >= 0.3 is 5.97 Å². The summed E-state index contributed by atoms with van der Waals surface area (Å²) in [5.41, 5.74) is 0. The molecule has 0 amide bonds. The van der Waals surface area contributed by atoms with Crippen LogP contribution < -0.4 is 4.72 Å². The molecule has 3 N–H and O–H groups in total. The minimum atomic E-state index is -3.53. The first-order valence-corrected chi connectivity index (χ1v) is 5.37. The minimum absolute atomic E-state index is 0.471. The molecule has 1 aliphatic rings. The fourth-order valence-corrected chi connectivity index (χ4v) is 2.36. The third-order valence-corrected chi connectivity index (χ3v) is 3.71. The lowest BCUT2D eigenvalue weighted by molar-refractivity contribution is -0.139. The first kappa shape index (κ1) is 10.4. The number of hydrogen-bond donors (Lipinski definition) is 3. The summed E-state index contributed by atoms with van der Waals surface area (Å²) >= 11 is 0. The van der Waals surface area contributed by atoms with Crippen molar-refractivity contribution < 1.29 is 23.4 Å². The summed E-state index contributed by atoms with van der Waals surface area (Å²) in [6.45, 7) is -0.735. The predicted molar refractivity (Wildman–Crippen MR) is 43.6 cm³/mol. The molecule has 0 unspecified atom stereocenters. The molecule has 0 radical (unpaired) electrons. The van der Waals surface area contributed by atoms with Crippen LogP contribution in [0.5, 0.6) is 0 Å². The van der Waals surface area contributed by atoms with Crippen molar-refractivity contribution in [3.8, 4) is 0 Å². The van der Waals surface area contributed by atoms with E-state index in [0.717, 1.165) is 0 Å². The molecule has 0 aromatic heterocycles. The van der Waals surface area contributed by atoms with E-state index in [-0.39, 0.29) is 0 Å². The van der Waals surface area contributed by atoms with Gasteiger partial charge in [0.15, 0.2) is 0 Å². The Morgan fingerprint density at radius 2 is 2.08 bits per heavy atom. The number of hydrogen-bond acceptors (Lipinski definition) is 4. The van der Waals surface area contributed by atoms with Crippen LogP contribution >= 0.6 is 0 Å². The molecule has 0 aromatic carbocycles. The van der Waals surface area contributed by atoms with Gasteiger partial charge in [-0.05, 0) is 12.8 Å². The molecule has 1 rings (SSSR count). The van der Waals surface area contributed by atoms with Crippen LogP contribution in [0.1, 0.15) is 12.8 Å². The molecule has 0 spiro atoms. The Bertz CT molecular complexity index is 294. The van der Waals surface area contributed by atoms with E-state index in [1.165, 1.54) is 0 Å². The first-order chi connectivity index (χ1) is 5.97. The van der Waals surface area contributed by atoms with E-state index in [2.05, 4.69) is 0 Å². The number of aliphatic hydroxyl groups is 1. The Hall–Kier alpha value is -0.660. The molecule has 7 heteroatoms. The maximum atomic E-state index is 11.2. The molecule has 0 aromatic rings. The Morgan fingerprint density at radius 3 is 2.38 bits per heavy atom. The smallest absolute Gasteiger partial charge is 0.324 e. The molecule has 6 nitrogen and oxygen atoms in total. The lowest BCUT2D eigenvalue weighted by Gasteiger charge is -2.10. The van der Waals surface area contributed by atoms with Crippen LogP contribution in [-0.2, 0) is 14.8 Å². The second-order valence-corrected chi connectivity index (χ2v) is 4.93. The van der Waals surface area contributed by atoms with E-state index in [4.69, 9.17) is 10.2 Å². The molecular weight excluding hydrogens is 198 g/mol. The number of carbonyl (C=O) groups is 1. The second kappa shape index (κ2) is 3.60. The highest BCUT2D eigenvalue weighted by molar-refractivity contribution is 7.90. The topological polar surface area (TPSA) is 104 Å². The number of aliphatic hydroxyl groups excluding tert-OH is 1. The van der Waals surface area contributed by atoms with Crippen LogP contribution in [0.4, 0.5) is 0 Å². The van der Waals surface area contributed by atoms with Crippen molar-refractivity contribution in [2.24, 2.45) is 0 Å². The minimum Gasteiger partial charge on any atom is -0.480 e. The van der Waals surface area contributed by atoms with Crippen molar-refractivity contribution in [3.05, 3.63) is 0 Å². The highest BCUT2D eigenvalue weighted by atomic mass is 32.2. The van der Waals surface area contributed by atoms with Gasteiger partial charge in [-0.25, -0.2) is 8.42 Å². The van der Waals surface area contributed by atoms with E-state index in [1.54, 1.807) is 0 Å². The summed E-state index contributed by atoms with van der Waals surface area (Å²) in [6, 6.07) is -1.43. The van der Waals surface area contributed by atoms with Gasteiger partial charge in [0.2, 0.25) is 10.0 Å². The maximum absolute atomic E-state index is 11.2. The third-order valence-electron chi connectivity index (χ3n) is 1.75. The van der Waals surface area contributed by atoms with Gasteiger partial charge in [-0.2, -0.15) is 4.72 Å². The zero-order chi connectivity index (χ0) is 10.1. The van der Waals surface area contributed by atoms with E-state index in [1.807, 2.05) is 4.72 Å². The molecule has 76 valence electrons. The van der Waals surface area contributed by atoms with Gasteiger partial charge in [0, 0.05) is 0 Å². The molecule has 1 fully saturated rings. The van der Waals surface area contributed by atoms with Crippen molar-refractivity contribution in [3.63, 3.8) is 0 Å². The van der Waals surface area contributed by atoms with E-state index < -0.39 is 33.9 Å². The van der Waals surface area contributed by atoms with Gasteiger partial charge in [0.1, 0.15) is 6.04 Å². The van der Waals surface area contributed by atoms with Crippen molar-refractivity contribution in [1.29, 1.82) is 0 Å². The second-order valence-electron chi connectivity index (χ2n) is 2.94. The molecule has 0 saturated heterocycles. The zero-order valence-electron chi connectivity index (χ0n) is 6.80. The van der Waals surface area contributed by atoms with E-state index in [0.29, 0.717) is 12.8 Å². The summed E-state index contributed by atoms with van der Waals surface area (Å²) in [7, 11) is -3.53. The standard InChI is InChI=1S/C6H11NO5S/c8-3-5(6(9)10)7-13(11,12)4-1-2-4/h4-5,7-8H,1-3H2,(H,9,10)/t5-/m1/s1. The predicted octanol–water partition coefficient (Wildman–Crippen LogP) is -1.49. The van der Waals surface area contributed by atoms with Crippen molar-refractivity contribution in [2.45, 2.75) is 24.1 Å². The van der Waals surface area contributed by atoms with Gasteiger partial charge in [0.05, 0.1) is 11.9 Å². The summed E-state index contributed by atoms with van der Waals surface area (Å²) in [5, 5.41) is 16.5. The maximum Gasteiger partial charge on any atom is 0.324 e. The first-order valence-electron chi connectivity index (χ1n) is 3.82. The quantitative estimate of drug-likeness (QED) is 0.512. The highest BCUT2D eigenvalue weighted by Crippen LogP contribution is 2.27. The molecule has 1 saturated carbocycles. The molecule has 0 aliphatic heterocycles. The van der Waals surface area contributed by atoms with Crippen LogP contribution in [0.25, 0.3) is 0 Å². The summed E-state index contributed by atoms with van der Waals surface area (Å²) in [6.07, 6.45) is 1.13. The van der Waals surface area contributed by atoms with E-state index >= 15 is 0 Å². The van der Waals surface area contributed by atoms with Crippen LogP contribution in [0.3, 0.4) is 0 Å². The van der Waals surface area contributed by atoms with Crippen LogP contribution in [0.2, 0.25) is 0 Å². The van der Waals surface area contributed by atoms with Gasteiger partial charge in [-0.1, -0.05) is 0 Å². The number of nitrogens with one attached hydrogen (secondary N) is 1. The lowest BCUT2D eigenvalue weighted by atomic mass is 10.3. The Balaban J connectivity index is 2.59. The number of sulfonamides is 1. The number of carboxylic acid groups (broad SMARTS) is 1. The fourth-order valence-electron chi connectivity index (χ4n) is 0.839. The Labute approximate surface area is 75.6 Å². The van der Waals surface area contributed by atoms with Crippen molar-refractivity contribution in [2.75, 3.05) is 6.61 Å². The number of aliphatic carboxylic acids is 1. The van der Waals surface area contributed by atoms with Gasteiger partial charge < -0.3 is 10.2 Å². The summed E-state index contributed by atoms with van der Waals surface area (Å²) < 4.78 is 24.3. The average Bonchev–Trinajstić information content (AvgIpc) is 2.81. The van der Waals surface area contributed by atoms with Crippen LogP contribution in [-0.4, -0.2) is 42.5 Å². The fraction of sp³-hybridized carbons (Fsp3) is 0.833. The lowest BCUT2D eigenvalue weighted by Crippen LogP contribution is -2.44. The molecule has 0 heterocycles. The molecule has 1 aliphatic carbocycles. The monoisotopic (exact) mass is 209 g/mol. The van der Waals surface area contributed by atoms with Crippen LogP contribution in [0, 0.1) is 0 Å². The Kier molecular flexibility index (Phi) is 2.89. The zero-order valence-corrected chi connectivity index (χ0v) is 7.62. The largest absolute Gasteiger partial charge is 0.480 e. The number of rotatable bonds is 5. The van der Waals surface area contributed by atoms with Gasteiger partial charge in [0.25, 0.3) is 0 Å². The molecule has 1 atom stereocenters. The van der Waals surface area contributed by atoms with E-state index in [9.17, 15) is 13.2 Å². The summed E-state index contributed by atoms with van der Waals surface area (Å²) in [4.78, 5) is 10.4.